The molecule has 1 aliphatic heterocycles. The molecule has 1 saturated heterocycles. The monoisotopic (exact) mass is 745 g/mol. The Morgan fingerprint density at radius 1 is 0.962 bits per heavy atom. The van der Waals surface area contributed by atoms with Gasteiger partial charge in [-0.05, 0) is 86.0 Å². The van der Waals surface area contributed by atoms with Crippen molar-refractivity contribution < 1.29 is 24.3 Å². The molecule has 5 atom stereocenters. The minimum atomic E-state index is -0.850. The largest absolute Gasteiger partial charge is 0.391 e. The number of aliphatic hydroxyl groups excluding tert-OH is 1. The number of unbranched alkanes of at least 4 members (excludes halogenated alkanes) is 2. The number of amides is 4. The molecule has 1 fully saturated rings. The number of aryl methyl sites for hydroxylation is 3. The number of carbonyl (C=O) groups excluding carboxylic acids is 4. The number of benzene rings is 2. The van der Waals surface area contributed by atoms with E-state index in [1.165, 1.54) is 16.0 Å². The van der Waals surface area contributed by atoms with Crippen LogP contribution in [-0.4, -0.2) is 63.4 Å². The molecular formula is C42H59N5O5S. The molecule has 4 amide bonds. The lowest BCUT2D eigenvalue weighted by Crippen LogP contribution is -2.57. The second-order valence-electron chi connectivity index (χ2n) is 15.9. The zero-order valence-corrected chi connectivity index (χ0v) is 33.1. The smallest absolute Gasteiger partial charge is 0.246 e. The number of hydrogen-bond acceptors (Lipinski definition) is 7. The summed E-state index contributed by atoms with van der Waals surface area (Å²) in [6.45, 7) is 11.8. The Morgan fingerprint density at radius 2 is 1.66 bits per heavy atom. The van der Waals surface area contributed by atoms with Gasteiger partial charge >= 0.3 is 0 Å². The van der Waals surface area contributed by atoms with Crippen molar-refractivity contribution in [2.75, 3.05) is 6.54 Å². The number of thiazole rings is 1. The minimum Gasteiger partial charge on any atom is -0.391 e. The van der Waals surface area contributed by atoms with Crippen molar-refractivity contribution in [2.24, 2.45) is 17.1 Å². The first-order valence-electron chi connectivity index (χ1n) is 19.1. The molecule has 288 valence electrons. The topological polar surface area (TPSA) is 155 Å². The Bertz CT molecular complexity index is 1680. The Morgan fingerprint density at radius 3 is 2.30 bits per heavy atom. The molecule has 5 N–H and O–H groups in total. The lowest BCUT2D eigenvalue weighted by molar-refractivity contribution is -0.144. The summed E-state index contributed by atoms with van der Waals surface area (Å²) in [5, 5.41) is 16.6. The number of nitrogens with one attached hydrogen (secondary N) is 2. The highest BCUT2D eigenvalue weighted by Crippen LogP contribution is 2.30. The average molecular weight is 746 g/mol. The number of β-amino-alcohol motifs (C(OH)–C–C–N with tert-alkyl or cyclic N) is 1. The molecule has 0 bridgehead atoms. The molecule has 10 nitrogen and oxygen atoms in total. The van der Waals surface area contributed by atoms with Crippen LogP contribution in [0.4, 0.5) is 0 Å². The number of primary amides is 1. The van der Waals surface area contributed by atoms with Gasteiger partial charge in [0.25, 0.3) is 0 Å². The number of hydrogen-bond donors (Lipinski definition) is 4. The summed E-state index contributed by atoms with van der Waals surface area (Å²) in [7, 11) is 0. The zero-order chi connectivity index (χ0) is 38.7. The summed E-state index contributed by atoms with van der Waals surface area (Å²) < 4.78 is 0. The molecular weight excluding hydrogens is 687 g/mol. The molecule has 2 heterocycles. The summed E-state index contributed by atoms with van der Waals surface area (Å²) in [5.41, 5.74) is 12.0. The number of nitrogens with two attached hydrogens (primary N) is 1. The number of carbonyl (C=O) groups is 4. The van der Waals surface area contributed by atoms with Crippen molar-refractivity contribution in [1.82, 2.24) is 20.5 Å². The number of aromatic nitrogens is 1. The van der Waals surface area contributed by atoms with Crippen LogP contribution in [0.2, 0.25) is 0 Å². The van der Waals surface area contributed by atoms with Crippen LogP contribution in [0.1, 0.15) is 114 Å². The molecule has 0 aliphatic carbocycles. The first-order chi connectivity index (χ1) is 25.1. The average Bonchev–Trinajstić information content (AvgIpc) is 3.73. The zero-order valence-electron chi connectivity index (χ0n) is 32.3. The lowest BCUT2D eigenvalue weighted by Gasteiger charge is -2.35. The van der Waals surface area contributed by atoms with E-state index in [-0.39, 0.29) is 42.6 Å². The molecule has 0 spiro atoms. The highest BCUT2D eigenvalue weighted by Gasteiger charge is 2.44. The summed E-state index contributed by atoms with van der Waals surface area (Å²) in [5.74, 6) is -0.692. The quantitative estimate of drug-likeness (QED) is 0.110. The third-order valence-electron chi connectivity index (χ3n) is 10.2. The van der Waals surface area contributed by atoms with E-state index in [9.17, 15) is 24.3 Å². The van der Waals surface area contributed by atoms with Crippen molar-refractivity contribution in [2.45, 2.75) is 130 Å². The van der Waals surface area contributed by atoms with E-state index in [2.05, 4.69) is 46.8 Å². The van der Waals surface area contributed by atoms with Crippen molar-refractivity contribution in [3.8, 4) is 10.4 Å². The van der Waals surface area contributed by atoms with E-state index in [0.717, 1.165) is 60.2 Å². The molecule has 3 aromatic rings. The molecule has 0 saturated carbocycles. The van der Waals surface area contributed by atoms with Gasteiger partial charge in [0, 0.05) is 25.8 Å². The van der Waals surface area contributed by atoms with Gasteiger partial charge in [0.1, 0.15) is 12.1 Å². The van der Waals surface area contributed by atoms with E-state index in [0.29, 0.717) is 25.2 Å². The normalized spacial score (nSPS) is 17.6. The maximum Gasteiger partial charge on any atom is 0.246 e. The van der Waals surface area contributed by atoms with Gasteiger partial charge in [-0.2, -0.15) is 0 Å². The van der Waals surface area contributed by atoms with Crippen molar-refractivity contribution in [3.63, 3.8) is 0 Å². The van der Waals surface area contributed by atoms with E-state index in [1.54, 1.807) is 11.3 Å². The molecule has 1 aliphatic rings. The fourth-order valence-corrected chi connectivity index (χ4v) is 7.74. The SMILES string of the molecule is Cc1ncsc1-c1ccc([C@H](C)NC(=O)[C@@H]2C[C@@H](O)CN2C(=O)[C@@H](NC(=O)CCCCCc2cccc(CC[C@@H](C)CCC(N)=O)c2)C(C)(C)C)cc1. The fourth-order valence-electron chi connectivity index (χ4n) is 6.93. The number of likely N-dealkylation sites (tertiary alicyclic amines) is 1. The van der Waals surface area contributed by atoms with Gasteiger partial charge < -0.3 is 26.4 Å². The van der Waals surface area contributed by atoms with Gasteiger partial charge in [-0.15, -0.1) is 11.3 Å². The molecule has 4 rings (SSSR count). The lowest BCUT2D eigenvalue weighted by atomic mass is 9.85. The third-order valence-corrected chi connectivity index (χ3v) is 11.2. The van der Waals surface area contributed by atoms with Gasteiger partial charge in [-0.25, -0.2) is 4.98 Å². The van der Waals surface area contributed by atoms with Crippen molar-refractivity contribution in [1.29, 1.82) is 0 Å². The molecule has 0 unspecified atom stereocenters. The van der Waals surface area contributed by atoms with Gasteiger partial charge in [0.2, 0.25) is 23.6 Å². The Balaban J connectivity index is 1.26. The predicted octanol–water partition coefficient (Wildman–Crippen LogP) is 6.43. The van der Waals surface area contributed by atoms with Gasteiger partial charge in [-0.1, -0.05) is 82.6 Å². The predicted molar refractivity (Wildman–Crippen MR) is 211 cm³/mol. The fraction of sp³-hybridized carbons (Fsp3) is 0.548. The second kappa shape index (κ2) is 19.3. The van der Waals surface area contributed by atoms with Crippen LogP contribution < -0.4 is 16.4 Å². The Labute approximate surface area is 319 Å². The van der Waals surface area contributed by atoms with Crippen LogP contribution in [0.25, 0.3) is 10.4 Å². The number of aliphatic hydroxyl groups is 1. The van der Waals surface area contributed by atoms with E-state index >= 15 is 0 Å². The first-order valence-corrected chi connectivity index (χ1v) is 19.9. The summed E-state index contributed by atoms with van der Waals surface area (Å²) >= 11 is 1.59. The molecule has 0 radical (unpaired) electrons. The van der Waals surface area contributed by atoms with Gasteiger partial charge in [-0.3, -0.25) is 19.2 Å². The third kappa shape index (κ3) is 12.5. The Kier molecular flexibility index (Phi) is 15.2. The molecule has 1 aromatic heterocycles. The molecule has 11 heteroatoms. The minimum absolute atomic E-state index is 0.0339. The summed E-state index contributed by atoms with van der Waals surface area (Å²) in [6.07, 6.45) is 6.28. The Hall–Kier alpha value is -4.09. The number of nitrogens with zero attached hydrogens (tertiary/aromatic N) is 2. The van der Waals surface area contributed by atoms with Crippen LogP contribution in [-0.2, 0) is 32.0 Å². The maximum absolute atomic E-state index is 14.0. The van der Waals surface area contributed by atoms with Crippen LogP contribution >= 0.6 is 11.3 Å². The summed E-state index contributed by atoms with van der Waals surface area (Å²) in [6, 6.07) is 14.6. The van der Waals surface area contributed by atoms with Crippen LogP contribution in [0.3, 0.4) is 0 Å². The molecule has 53 heavy (non-hydrogen) atoms. The maximum atomic E-state index is 14.0. The van der Waals surface area contributed by atoms with Crippen molar-refractivity contribution in [3.05, 3.63) is 76.4 Å². The number of rotatable bonds is 18. The van der Waals surface area contributed by atoms with Gasteiger partial charge in [0.05, 0.1) is 28.2 Å². The second-order valence-corrected chi connectivity index (χ2v) is 16.8. The van der Waals surface area contributed by atoms with E-state index in [4.69, 9.17) is 5.73 Å². The van der Waals surface area contributed by atoms with Crippen LogP contribution in [0.15, 0.2) is 54.0 Å². The van der Waals surface area contributed by atoms with Gasteiger partial charge in [0.15, 0.2) is 0 Å². The highest BCUT2D eigenvalue weighted by atomic mass is 32.1. The van der Waals surface area contributed by atoms with Crippen LogP contribution in [0.5, 0.6) is 0 Å². The van der Waals surface area contributed by atoms with E-state index in [1.807, 2.05) is 64.4 Å². The molecule has 2 aromatic carbocycles. The van der Waals surface area contributed by atoms with Crippen molar-refractivity contribution >= 4 is 35.0 Å². The summed E-state index contributed by atoms with van der Waals surface area (Å²) in [4.78, 5) is 58.7. The standard InChI is InChI=1S/C42H59N5O5S/c1-27(16-22-36(43)49)15-17-31-13-10-12-30(23-31)11-8-7-9-14-37(50)46-39(42(4,5)6)41(52)47-25-34(48)24-35(47)40(51)45-28(2)32-18-20-33(21-19-32)38-29(3)44-26-53-38/h10,12-13,18-21,23,26-28,34-35,39,48H,7-9,11,14-17,22,24-25H2,1-6H3,(H2,43,49)(H,45,51)(H,46,50)/t27-,28+,34-,35+,39-/m1/s1. The van der Waals surface area contributed by atoms with E-state index < -0.39 is 23.6 Å². The van der Waals surface area contributed by atoms with Crippen LogP contribution in [0, 0.1) is 18.3 Å². The highest BCUT2D eigenvalue weighted by molar-refractivity contribution is 7.13. The first kappa shape index (κ1) is 41.7.